The van der Waals surface area contributed by atoms with Gasteiger partial charge in [-0.2, -0.15) is 0 Å². The third-order valence-electron chi connectivity index (χ3n) is 4.27. The van der Waals surface area contributed by atoms with Crippen LogP contribution in [0.4, 0.5) is 0 Å². The van der Waals surface area contributed by atoms with Crippen LogP contribution in [0.25, 0.3) is 10.8 Å². The van der Waals surface area contributed by atoms with E-state index in [1.165, 1.54) is 16.3 Å². The number of piperazine rings is 1. The van der Waals surface area contributed by atoms with Crippen molar-refractivity contribution in [2.24, 2.45) is 0 Å². The zero-order chi connectivity index (χ0) is 13.9. The molecule has 1 fully saturated rings. The average molecular weight is 270 g/mol. The van der Waals surface area contributed by atoms with Crippen molar-refractivity contribution < 1.29 is 4.74 Å². The lowest BCUT2D eigenvalue weighted by Gasteiger charge is -2.34. The second-order valence-corrected chi connectivity index (χ2v) is 5.36. The molecule has 0 aromatic heterocycles. The van der Waals surface area contributed by atoms with Crippen molar-refractivity contribution >= 4 is 10.8 Å². The Morgan fingerprint density at radius 2 is 1.85 bits per heavy atom. The number of methoxy groups -OCH3 is 1. The SMILES string of the molecule is COc1ccc2ccccc2c1[C@H](C)N1CCNCC1. The average Bonchev–Trinajstić information content (AvgIpc) is 2.54. The highest BCUT2D eigenvalue weighted by molar-refractivity contribution is 5.88. The van der Waals surface area contributed by atoms with E-state index in [4.69, 9.17) is 4.74 Å². The van der Waals surface area contributed by atoms with Crippen LogP contribution in [0.3, 0.4) is 0 Å². The van der Waals surface area contributed by atoms with Gasteiger partial charge >= 0.3 is 0 Å². The Labute approximate surface area is 120 Å². The summed E-state index contributed by atoms with van der Waals surface area (Å²) < 4.78 is 5.62. The van der Waals surface area contributed by atoms with Gasteiger partial charge in [-0.25, -0.2) is 0 Å². The largest absolute Gasteiger partial charge is 0.496 e. The van der Waals surface area contributed by atoms with E-state index < -0.39 is 0 Å². The maximum absolute atomic E-state index is 5.62. The van der Waals surface area contributed by atoms with E-state index in [1.54, 1.807) is 7.11 Å². The zero-order valence-corrected chi connectivity index (χ0v) is 12.2. The lowest BCUT2D eigenvalue weighted by atomic mass is 9.97. The number of ether oxygens (including phenoxy) is 1. The zero-order valence-electron chi connectivity index (χ0n) is 12.2. The molecule has 0 aliphatic carbocycles. The van der Waals surface area contributed by atoms with Gasteiger partial charge in [-0.1, -0.05) is 30.3 Å². The predicted molar refractivity (Wildman–Crippen MR) is 83.4 cm³/mol. The predicted octanol–water partition coefficient (Wildman–Crippen LogP) is 2.81. The first kappa shape index (κ1) is 13.4. The van der Waals surface area contributed by atoms with Crippen LogP contribution in [0.1, 0.15) is 18.5 Å². The molecule has 0 saturated carbocycles. The number of fused-ring (bicyclic) bond motifs is 1. The van der Waals surface area contributed by atoms with E-state index in [0.717, 1.165) is 31.9 Å². The molecule has 1 N–H and O–H groups in total. The molecule has 1 aliphatic heterocycles. The molecule has 1 heterocycles. The minimum atomic E-state index is 0.373. The summed E-state index contributed by atoms with van der Waals surface area (Å²) in [6.45, 7) is 6.60. The van der Waals surface area contributed by atoms with E-state index in [2.05, 4.69) is 53.5 Å². The van der Waals surface area contributed by atoms with Crippen LogP contribution >= 0.6 is 0 Å². The molecule has 1 atom stereocenters. The van der Waals surface area contributed by atoms with Crippen LogP contribution in [-0.2, 0) is 0 Å². The van der Waals surface area contributed by atoms with Gasteiger partial charge in [0.05, 0.1) is 7.11 Å². The Morgan fingerprint density at radius 1 is 1.10 bits per heavy atom. The first-order chi connectivity index (χ1) is 9.81. The molecule has 20 heavy (non-hydrogen) atoms. The fourth-order valence-corrected chi connectivity index (χ4v) is 3.14. The van der Waals surface area contributed by atoms with Gasteiger partial charge in [-0.15, -0.1) is 0 Å². The summed E-state index contributed by atoms with van der Waals surface area (Å²) >= 11 is 0. The van der Waals surface area contributed by atoms with Crippen molar-refractivity contribution in [2.45, 2.75) is 13.0 Å². The smallest absolute Gasteiger partial charge is 0.124 e. The molecule has 106 valence electrons. The molecule has 3 heteroatoms. The number of nitrogens with zero attached hydrogens (tertiary/aromatic N) is 1. The Hall–Kier alpha value is -1.58. The second-order valence-electron chi connectivity index (χ2n) is 5.36. The second kappa shape index (κ2) is 5.81. The number of nitrogens with one attached hydrogen (secondary N) is 1. The minimum Gasteiger partial charge on any atom is -0.496 e. The number of rotatable bonds is 3. The van der Waals surface area contributed by atoms with Crippen LogP contribution < -0.4 is 10.1 Å². The quantitative estimate of drug-likeness (QED) is 0.928. The summed E-state index contributed by atoms with van der Waals surface area (Å²) in [5, 5.41) is 6.00. The van der Waals surface area contributed by atoms with Gasteiger partial charge in [-0.3, -0.25) is 4.90 Å². The Bertz CT molecular complexity index is 591. The summed E-state index contributed by atoms with van der Waals surface area (Å²) in [4.78, 5) is 2.53. The monoisotopic (exact) mass is 270 g/mol. The van der Waals surface area contributed by atoms with Crippen LogP contribution in [0, 0.1) is 0 Å². The molecule has 2 aromatic rings. The van der Waals surface area contributed by atoms with E-state index in [9.17, 15) is 0 Å². The van der Waals surface area contributed by atoms with Crippen molar-refractivity contribution in [3.63, 3.8) is 0 Å². The molecule has 0 bridgehead atoms. The fourth-order valence-electron chi connectivity index (χ4n) is 3.14. The van der Waals surface area contributed by atoms with Gasteiger partial charge in [0, 0.05) is 37.8 Å². The Morgan fingerprint density at radius 3 is 2.60 bits per heavy atom. The number of hydrogen-bond donors (Lipinski definition) is 1. The third-order valence-corrected chi connectivity index (χ3v) is 4.27. The van der Waals surface area contributed by atoms with Crippen LogP contribution in [0.2, 0.25) is 0 Å². The molecule has 0 unspecified atom stereocenters. The molecule has 2 aromatic carbocycles. The van der Waals surface area contributed by atoms with Gasteiger partial charge in [-0.05, 0) is 23.8 Å². The molecule has 3 rings (SSSR count). The fraction of sp³-hybridized carbons (Fsp3) is 0.412. The van der Waals surface area contributed by atoms with Crippen molar-refractivity contribution in [2.75, 3.05) is 33.3 Å². The van der Waals surface area contributed by atoms with Crippen LogP contribution in [0.15, 0.2) is 36.4 Å². The van der Waals surface area contributed by atoms with Gasteiger partial charge in [0.2, 0.25) is 0 Å². The summed E-state index contributed by atoms with van der Waals surface area (Å²) in [7, 11) is 1.76. The van der Waals surface area contributed by atoms with Crippen molar-refractivity contribution in [3.05, 3.63) is 42.0 Å². The van der Waals surface area contributed by atoms with Crippen LogP contribution in [0.5, 0.6) is 5.75 Å². The summed E-state index contributed by atoms with van der Waals surface area (Å²) in [5.41, 5.74) is 1.31. The maximum atomic E-state index is 5.62. The van der Waals surface area contributed by atoms with Crippen molar-refractivity contribution in [1.29, 1.82) is 0 Å². The summed E-state index contributed by atoms with van der Waals surface area (Å²) in [6, 6.07) is 13.2. The normalized spacial score (nSPS) is 18.1. The van der Waals surface area contributed by atoms with E-state index in [0.29, 0.717) is 6.04 Å². The van der Waals surface area contributed by atoms with Gasteiger partial charge in [0.1, 0.15) is 5.75 Å². The molecule has 1 saturated heterocycles. The van der Waals surface area contributed by atoms with E-state index in [1.807, 2.05) is 0 Å². The van der Waals surface area contributed by atoms with Gasteiger partial charge in [0.15, 0.2) is 0 Å². The van der Waals surface area contributed by atoms with Crippen molar-refractivity contribution in [3.8, 4) is 5.75 Å². The highest BCUT2D eigenvalue weighted by Gasteiger charge is 2.22. The topological polar surface area (TPSA) is 24.5 Å². The first-order valence-corrected chi connectivity index (χ1v) is 7.31. The van der Waals surface area contributed by atoms with E-state index >= 15 is 0 Å². The summed E-state index contributed by atoms with van der Waals surface area (Å²) in [6.07, 6.45) is 0. The Kier molecular flexibility index (Phi) is 3.90. The van der Waals surface area contributed by atoms with Crippen molar-refractivity contribution in [1.82, 2.24) is 10.2 Å². The number of hydrogen-bond acceptors (Lipinski definition) is 3. The molecule has 0 amide bonds. The molecule has 0 spiro atoms. The van der Waals surface area contributed by atoms with Crippen LogP contribution in [-0.4, -0.2) is 38.2 Å². The molecular weight excluding hydrogens is 248 g/mol. The van der Waals surface area contributed by atoms with Gasteiger partial charge in [0.25, 0.3) is 0 Å². The lowest BCUT2D eigenvalue weighted by molar-refractivity contribution is 0.183. The van der Waals surface area contributed by atoms with Gasteiger partial charge < -0.3 is 10.1 Å². The molecule has 3 nitrogen and oxygen atoms in total. The third kappa shape index (κ3) is 2.39. The molecule has 1 aliphatic rings. The highest BCUT2D eigenvalue weighted by Crippen LogP contribution is 2.35. The highest BCUT2D eigenvalue weighted by atomic mass is 16.5. The standard InChI is InChI=1S/C17H22N2O/c1-13(19-11-9-18-10-12-19)17-15-6-4-3-5-14(15)7-8-16(17)20-2/h3-8,13,18H,9-12H2,1-2H3/t13-/m0/s1. The molecule has 0 radical (unpaired) electrons. The Balaban J connectivity index is 2.07. The first-order valence-electron chi connectivity index (χ1n) is 7.31. The number of benzene rings is 2. The van der Waals surface area contributed by atoms with E-state index in [-0.39, 0.29) is 0 Å². The lowest BCUT2D eigenvalue weighted by Crippen LogP contribution is -2.44. The summed E-state index contributed by atoms with van der Waals surface area (Å²) in [5.74, 6) is 0.995. The maximum Gasteiger partial charge on any atom is 0.124 e. The molecular formula is C17H22N2O. The minimum absolute atomic E-state index is 0.373.